The van der Waals surface area contributed by atoms with Gasteiger partial charge in [0.05, 0.1) is 11.0 Å². The highest BCUT2D eigenvalue weighted by molar-refractivity contribution is 5.74. The fourth-order valence-electron chi connectivity index (χ4n) is 1.87. The van der Waals surface area contributed by atoms with E-state index in [1.807, 2.05) is 24.3 Å². The van der Waals surface area contributed by atoms with Crippen molar-refractivity contribution in [3.05, 3.63) is 34.7 Å². The van der Waals surface area contributed by atoms with Crippen molar-refractivity contribution >= 4 is 17.0 Å². The number of para-hydroxylation sites is 2. The van der Waals surface area contributed by atoms with Crippen LogP contribution in [0.5, 0.6) is 0 Å². The zero-order chi connectivity index (χ0) is 12.3. The number of nitrogens with zero attached hydrogens (tertiary/aromatic N) is 1. The summed E-state index contributed by atoms with van der Waals surface area (Å²) in [7, 11) is 0. The van der Waals surface area contributed by atoms with E-state index >= 15 is 0 Å². The molecule has 2 N–H and O–H groups in total. The number of aromatic nitrogens is 2. The van der Waals surface area contributed by atoms with Gasteiger partial charge < -0.3 is 10.1 Å². The first-order valence-corrected chi connectivity index (χ1v) is 5.58. The smallest absolute Gasteiger partial charge is 0.326 e. The molecule has 0 aliphatic rings. The van der Waals surface area contributed by atoms with Crippen molar-refractivity contribution in [1.82, 2.24) is 9.55 Å². The lowest BCUT2D eigenvalue weighted by Crippen LogP contribution is -2.16. The Morgan fingerprint density at radius 3 is 2.82 bits per heavy atom. The molecule has 2 rings (SSSR count). The Bertz CT molecular complexity index is 583. The van der Waals surface area contributed by atoms with E-state index in [1.54, 1.807) is 4.57 Å². The lowest BCUT2D eigenvalue weighted by molar-refractivity contribution is -0.137. The van der Waals surface area contributed by atoms with Crippen LogP contribution in [0.15, 0.2) is 29.1 Å². The first kappa shape index (κ1) is 11.4. The van der Waals surface area contributed by atoms with Crippen molar-refractivity contribution in [2.45, 2.75) is 25.8 Å². The molecule has 0 radical (unpaired) electrons. The fraction of sp³-hybridized carbons (Fsp3) is 0.333. The SMILES string of the molecule is O=C(O)CCCCn1c(=O)[nH]c2ccccc21. The van der Waals surface area contributed by atoms with Gasteiger partial charge in [0.2, 0.25) is 0 Å². The Kier molecular flexibility index (Phi) is 3.27. The second kappa shape index (κ2) is 4.86. The van der Waals surface area contributed by atoms with E-state index in [4.69, 9.17) is 5.11 Å². The first-order chi connectivity index (χ1) is 8.18. The molecule has 0 atom stereocenters. The van der Waals surface area contributed by atoms with Crippen molar-refractivity contribution in [1.29, 1.82) is 0 Å². The van der Waals surface area contributed by atoms with Crippen molar-refractivity contribution in [3.8, 4) is 0 Å². The number of aromatic amines is 1. The molecule has 17 heavy (non-hydrogen) atoms. The van der Waals surface area contributed by atoms with Crippen LogP contribution in [0.25, 0.3) is 11.0 Å². The minimum atomic E-state index is -0.795. The van der Waals surface area contributed by atoms with E-state index in [-0.39, 0.29) is 12.1 Å². The summed E-state index contributed by atoms with van der Waals surface area (Å²) in [4.78, 5) is 24.8. The summed E-state index contributed by atoms with van der Waals surface area (Å²) in [5, 5.41) is 8.52. The van der Waals surface area contributed by atoms with Gasteiger partial charge in [0.25, 0.3) is 0 Å². The van der Waals surface area contributed by atoms with Gasteiger partial charge in [0, 0.05) is 13.0 Å². The number of nitrogens with one attached hydrogen (secondary N) is 1. The third-order valence-corrected chi connectivity index (χ3v) is 2.70. The second-order valence-corrected chi connectivity index (χ2v) is 3.95. The highest BCUT2D eigenvalue weighted by Crippen LogP contribution is 2.10. The Balaban J connectivity index is 2.10. The highest BCUT2D eigenvalue weighted by atomic mass is 16.4. The van der Waals surface area contributed by atoms with Gasteiger partial charge in [0.1, 0.15) is 0 Å². The fourth-order valence-corrected chi connectivity index (χ4v) is 1.87. The Hall–Kier alpha value is -2.04. The number of H-pyrrole nitrogens is 1. The van der Waals surface area contributed by atoms with Gasteiger partial charge >= 0.3 is 11.7 Å². The number of benzene rings is 1. The van der Waals surface area contributed by atoms with Gasteiger partial charge in [-0.2, -0.15) is 0 Å². The predicted molar refractivity (Wildman–Crippen MR) is 64.0 cm³/mol. The molecule has 0 aliphatic heterocycles. The molecule has 0 unspecified atom stereocenters. The standard InChI is InChI=1S/C12H14N2O3/c15-11(16)7-3-4-8-14-10-6-2-1-5-9(10)13-12(14)17/h1-2,5-6H,3-4,7-8H2,(H,13,17)(H,15,16). The van der Waals surface area contributed by atoms with Crippen LogP contribution in [-0.2, 0) is 11.3 Å². The number of aliphatic carboxylic acids is 1. The number of aryl methyl sites for hydroxylation is 1. The molecule has 0 spiro atoms. The number of carboxylic acids is 1. The number of hydrogen-bond donors (Lipinski definition) is 2. The second-order valence-electron chi connectivity index (χ2n) is 3.95. The molecule has 5 nitrogen and oxygen atoms in total. The molecule has 1 aromatic carbocycles. The molecule has 0 amide bonds. The van der Waals surface area contributed by atoms with E-state index < -0.39 is 5.97 Å². The molecule has 0 saturated carbocycles. The van der Waals surface area contributed by atoms with Crippen molar-refractivity contribution < 1.29 is 9.90 Å². The van der Waals surface area contributed by atoms with Gasteiger partial charge in [-0.3, -0.25) is 9.36 Å². The zero-order valence-electron chi connectivity index (χ0n) is 9.35. The number of hydrogen-bond acceptors (Lipinski definition) is 2. The monoisotopic (exact) mass is 234 g/mol. The summed E-state index contributed by atoms with van der Waals surface area (Å²) < 4.78 is 1.65. The molecule has 90 valence electrons. The quantitative estimate of drug-likeness (QED) is 0.771. The number of fused-ring (bicyclic) bond motifs is 1. The molecule has 0 bridgehead atoms. The third-order valence-electron chi connectivity index (χ3n) is 2.70. The van der Waals surface area contributed by atoms with E-state index in [2.05, 4.69) is 4.98 Å². The van der Waals surface area contributed by atoms with Crippen LogP contribution in [0.3, 0.4) is 0 Å². The molecular formula is C12H14N2O3. The van der Waals surface area contributed by atoms with Crippen LogP contribution in [0.1, 0.15) is 19.3 Å². The van der Waals surface area contributed by atoms with E-state index in [1.165, 1.54) is 0 Å². The Labute approximate surface area is 97.7 Å². The minimum Gasteiger partial charge on any atom is -0.481 e. The largest absolute Gasteiger partial charge is 0.481 e. The Morgan fingerprint density at radius 2 is 2.06 bits per heavy atom. The van der Waals surface area contributed by atoms with E-state index in [0.29, 0.717) is 19.4 Å². The number of carboxylic acid groups (broad SMARTS) is 1. The van der Waals surface area contributed by atoms with Crippen LogP contribution in [0, 0.1) is 0 Å². The number of carbonyl (C=O) groups is 1. The number of unbranched alkanes of at least 4 members (excludes halogenated alkanes) is 1. The van der Waals surface area contributed by atoms with E-state index in [9.17, 15) is 9.59 Å². The van der Waals surface area contributed by atoms with Crippen molar-refractivity contribution in [2.75, 3.05) is 0 Å². The van der Waals surface area contributed by atoms with Crippen LogP contribution in [-0.4, -0.2) is 20.6 Å². The number of imidazole rings is 1. The maximum atomic E-state index is 11.7. The van der Waals surface area contributed by atoms with Gasteiger partial charge in [-0.05, 0) is 25.0 Å². The van der Waals surface area contributed by atoms with Crippen LogP contribution in [0.2, 0.25) is 0 Å². The molecule has 1 aromatic heterocycles. The average molecular weight is 234 g/mol. The van der Waals surface area contributed by atoms with Crippen molar-refractivity contribution in [3.63, 3.8) is 0 Å². The van der Waals surface area contributed by atoms with Crippen LogP contribution >= 0.6 is 0 Å². The van der Waals surface area contributed by atoms with E-state index in [0.717, 1.165) is 11.0 Å². The molecule has 0 fully saturated rings. The maximum Gasteiger partial charge on any atom is 0.326 e. The summed E-state index contributed by atoms with van der Waals surface area (Å²) in [5.74, 6) is -0.795. The van der Waals surface area contributed by atoms with Crippen LogP contribution < -0.4 is 5.69 Å². The summed E-state index contributed by atoms with van der Waals surface area (Å²) in [6, 6.07) is 7.48. The molecule has 2 aromatic rings. The normalized spacial score (nSPS) is 10.8. The molecule has 5 heteroatoms. The van der Waals surface area contributed by atoms with Gasteiger partial charge in [-0.25, -0.2) is 4.79 Å². The molecule has 1 heterocycles. The lowest BCUT2D eigenvalue weighted by atomic mass is 10.2. The maximum absolute atomic E-state index is 11.7. The highest BCUT2D eigenvalue weighted by Gasteiger charge is 2.05. The third kappa shape index (κ3) is 2.55. The summed E-state index contributed by atoms with van der Waals surface area (Å²) in [6.45, 7) is 0.552. The Morgan fingerprint density at radius 1 is 1.29 bits per heavy atom. The molecular weight excluding hydrogens is 220 g/mol. The average Bonchev–Trinajstić information content (AvgIpc) is 2.60. The molecule has 0 saturated heterocycles. The zero-order valence-corrected chi connectivity index (χ0v) is 9.35. The van der Waals surface area contributed by atoms with Gasteiger partial charge in [0.15, 0.2) is 0 Å². The molecule has 0 aliphatic carbocycles. The van der Waals surface area contributed by atoms with Crippen LogP contribution in [0.4, 0.5) is 0 Å². The summed E-state index contributed by atoms with van der Waals surface area (Å²) in [5.41, 5.74) is 1.55. The van der Waals surface area contributed by atoms with Gasteiger partial charge in [-0.1, -0.05) is 12.1 Å². The lowest BCUT2D eigenvalue weighted by Gasteiger charge is -2.01. The summed E-state index contributed by atoms with van der Waals surface area (Å²) in [6.07, 6.45) is 1.42. The van der Waals surface area contributed by atoms with Crippen molar-refractivity contribution in [2.24, 2.45) is 0 Å². The predicted octanol–water partition coefficient (Wildman–Crippen LogP) is 1.58. The van der Waals surface area contributed by atoms with Gasteiger partial charge in [-0.15, -0.1) is 0 Å². The first-order valence-electron chi connectivity index (χ1n) is 5.58. The topological polar surface area (TPSA) is 75.1 Å². The summed E-state index contributed by atoms with van der Waals surface area (Å²) >= 11 is 0. The minimum absolute atomic E-state index is 0.137. The number of rotatable bonds is 5.